The summed E-state index contributed by atoms with van der Waals surface area (Å²) in [5, 5.41) is 0. The van der Waals surface area contributed by atoms with Crippen LogP contribution in [0, 0.1) is 5.82 Å². The van der Waals surface area contributed by atoms with E-state index >= 15 is 0 Å². The van der Waals surface area contributed by atoms with Crippen molar-refractivity contribution in [2.75, 3.05) is 19.0 Å². The van der Waals surface area contributed by atoms with Crippen molar-refractivity contribution in [3.63, 3.8) is 0 Å². The third-order valence-corrected chi connectivity index (χ3v) is 3.12. The van der Waals surface area contributed by atoms with Crippen LogP contribution in [-0.4, -0.2) is 20.1 Å². The van der Waals surface area contributed by atoms with Gasteiger partial charge in [-0.25, -0.2) is 4.39 Å². The minimum absolute atomic E-state index is 0.00735. The third-order valence-electron chi connectivity index (χ3n) is 3.12. The lowest BCUT2D eigenvalue weighted by atomic mass is 10.1. The molecule has 0 saturated heterocycles. The van der Waals surface area contributed by atoms with E-state index in [1.165, 1.54) is 6.07 Å². The molecule has 2 aromatic carbocycles. The monoisotopic (exact) mass is 288 g/mol. The van der Waals surface area contributed by atoms with E-state index in [9.17, 15) is 4.39 Å². The van der Waals surface area contributed by atoms with Crippen LogP contribution in [0.1, 0.15) is 12.5 Å². The van der Waals surface area contributed by atoms with Crippen LogP contribution >= 0.6 is 0 Å². The van der Waals surface area contributed by atoms with E-state index in [1.54, 1.807) is 6.07 Å². The molecule has 0 aromatic heterocycles. The number of rotatable bonds is 5. The van der Waals surface area contributed by atoms with Gasteiger partial charge in [-0.3, -0.25) is 0 Å². The molecule has 2 aromatic rings. The highest BCUT2D eigenvalue weighted by Gasteiger charge is 2.08. The molecule has 0 aliphatic rings. The summed E-state index contributed by atoms with van der Waals surface area (Å²) in [6, 6.07) is 12.5. The van der Waals surface area contributed by atoms with E-state index < -0.39 is 0 Å². The summed E-state index contributed by atoms with van der Waals surface area (Å²) in [6.45, 7) is 1.90. The number of ether oxygens (including phenoxy) is 1. The molecule has 0 saturated carbocycles. The molecule has 0 radical (unpaired) electrons. The van der Waals surface area contributed by atoms with Crippen molar-refractivity contribution in [1.29, 1.82) is 0 Å². The van der Waals surface area contributed by atoms with Gasteiger partial charge < -0.3 is 15.4 Å². The summed E-state index contributed by atoms with van der Waals surface area (Å²) < 4.78 is 19.7. The maximum atomic E-state index is 14.1. The lowest BCUT2D eigenvalue weighted by Crippen LogP contribution is -2.17. The second-order valence-corrected chi connectivity index (χ2v) is 5.44. The minimum atomic E-state index is -0.372. The van der Waals surface area contributed by atoms with Gasteiger partial charge in [0.15, 0.2) is 11.6 Å². The molecular formula is C17H21FN2O. The van der Waals surface area contributed by atoms with Gasteiger partial charge in [-0.05, 0) is 43.2 Å². The van der Waals surface area contributed by atoms with Crippen LogP contribution in [0.25, 0.3) is 0 Å². The zero-order valence-corrected chi connectivity index (χ0v) is 12.6. The van der Waals surface area contributed by atoms with Crippen molar-refractivity contribution in [3.8, 4) is 11.5 Å². The summed E-state index contributed by atoms with van der Waals surface area (Å²) in [5.41, 5.74) is 7.60. The van der Waals surface area contributed by atoms with Crippen LogP contribution in [0.4, 0.5) is 10.1 Å². The van der Waals surface area contributed by atoms with Crippen molar-refractivity contribution < 1.29 is 9.13 Å². The predicted octanol–water partition coefficient (Wildman–Crippen LogP) is 3.57. The Hall–Kier alpha value is -2.07. The van der Waals surface area contributed by atoms with Crippen LogP contribution in [0.2, 0.25) is 0 Å². The highest BCUT2D eigenvalue weighted by atomic mass is 19.1. The predicted molar refractivity (Wildman–Crippen MR) is 84.6 cm³/mol. The number of nitrogens with two attached hydrogens (primary N) is 1. The second-order valence-electron chi connectivity index (χ2n) is 5.44. The number of anilines is 1. The standard InChI is InChI=1S/C17H21FN2O/c1-12(19)9-13-7-8-17(16(18)10-13)21-15-6-4-5-14(11-15)20(2)3/h4-8,10-12H,9,19H2,1-3H3. The Morgan fingerprint density at radius 2 is 1.95 bits per heavy atom. The quantitative estimate of drug-likeness (QED) is 0.914. The van der Waals surface area contributed by atoms with Crippen molar-refractivity contribution in [2.24, 2.45) is 5.73 Å². The molecule has 4 heteroatoms. The van der Waals surface area contributed by atoms with E-state index in [4.69, 9.17) is 10.5 Å². The van der Waals surface area contributed by atoms with Gasteiger partial charge in [0.1, 0.15) is 5.75 Å². The van der Waals surface area contributed by atoms with Crippen LogP contribution in [0.3, 0.4) is 0 Å². The van der Waals surface area contributed by atoms with Gasteiger partial charge in [-0.2, -0.15) is 0 Å². The molecule has 3 nitrogen and oxygen atoms in total. The summed E-state index contributed by atoms with van der Waals surface area (Å²) in [5.74, 6) is 0.461. The maximum Gasteiger partial charge on any atom is 0.165 e. The first kappa shape index (κ1) is 15.3. The highest BCUT2D eigenvalue weighted by molar-refractivity contribution is 5.50. The Balaban J connectivity index is 2.18. The molecule has 0 fully saturated rings. The third kappa shape index (κ3) is 4.20. The summed E-state index contributed by atoms with van der Waals surface area (Å²) in [4.78, 5) is 1.97. The van der Waals surface area contributed by atoms with Crippen molar-refractivity contribution in [2.45, 2.75) is 19.4 Å². The molecule has 0 aliphatic carbocycles. The first-order valence-electron chi connectivity index (χ1n) is 6.95. The van der Waals surface area contributed by atoms with Crippen LogP contribution in [0.5, 0.6) is 11.5 Å². The van der Waals surface area contributed by atoms with Gasteiger partial charge >= 0.3 is 0 Å². The zero-order valence-electron chi connectivity index (χ0n) is 12.6. The van der Waals surface area contributed by atoms with Gasteiger partial charge in [-0.15, -0.1) is 0 Å². The van der Waals surface area contributed by atoms with E-state index in [0.29, 0.717) is 12.2 Å². The van der Waals surface area contributed by atoms with Crippen LogP contribution < -0.4 is 15.4 Å². The van der Waals surface area contributed by atoms with Gasteiger partial charge in [0, 0.05) is 31.9 Å². The van der Waals surface area contributed by atoms with Crippen LogP contribution in [-0.2, 0) is 6.42 Å². The molecule has 21 heavy (non-hydrogen) atoms. The summed E-state index contributed by atoms with van der Waals surface area (Å²) in [6.07, 6.45) is 0.646. The molecule has 2 N–H and O–H groups in total. The molecular weight excluding hydrogens is 267 g/mol. The van der Waals surface area contributed by atoms with E-state index in [1.807, 2.05) is 56.3 Å². The highest BCUT2D eigenvalue weighted by Crippen LogP contribution is 2.27. The molecule has 0 aliphatic heterocycles. The topological polar surface area (TPSA) is 38.5 Å². The maximum absolute atomic E-state index is 14.1. The van der Waals surface area contributed by atoms with E-state index in [-0.39, 0.29) is 17.6 Å². The van der Waals surface area contributed by atoms with Crippen molar-refractivity contribution in [3.05, 3.63) is 53.8 Å². The molecule has 0 amide bonds. The Kier molecular flexibility index (Phi) is 4.81. The lowest BCUT2D eigenvalue weighted by Gasteiger charge is -2.14. The van der Waals surface area contributed by atoms with Crippen LogP contribution in [0.15, 0.2) is 42.5 Å². The Bertz CT molecular complexity index is 611. The summed E-state index contributed by atoms with van der Waals surface area (Å²) in [7, 11) is 3.89. The molecule has 1 unspecified atom stereocenters. The number of nitrogens with zero attached hydrogens (tertiary/aromatic N) is 1. The lowest BCUT2D eigenvalue weighted by molar-refractivity contribution is 0.441. The van der Waals surface area contributed by atoms with Gasteiger partial charge in [0.2, 0.25) is 0 Å². The fourth-order valence-electron chi connectivity index (χ4n) is 2.08. The SMILES string of the molecule is CC(N)Cc1ccc(Oc2cccc(N(C)C)c2)c(F)c1. The van der Waals surface area contributed by atoms with E-state index in [0.717, 1.165) is 11.3 Å². The Morgan fingerprint density at radius 1 is 1.19 bits per heavy atom. The number of hydrogen-bond acceptors (Lipinski definition) is 3. The first-order chi connectivity index (χ1) is 9.95. The van der Waals surface area contributed by atoms with Gasteiger partial charge in [0.05, 0.1) is 0 Å². The molecule has 2 rings (SSSR count). The van der Waals surface area contributed by atoms with E-state index in [2.05, 4.69) is 0 Å². The summed E-state index contributed by atoms with van der Waals surface area (Å²) >= 11 is 0. The normalized spacial score (nSPS) is 12.0. The van der Waals surface area contributed by atoms with Crippen molar-refractivity contribution >= 4 is 5.69 Å². The Labute approximate surface area is 125 Å². The molecule has 1 atom stereocenters. The minimum Gasteiger partial charge on any atom is -0.454 e. The largest absolute Gasteiger partial charge is 0.454 e. The molecule has 0 bridgehead atoms. The fourth-order valence-corrected chi connectivity index (χ4v) is 2.08. The van der Waals surface area contributed by atoms with Gasteiger partial charge in [-0.1, -0.05) is 12.1 Å². The second kappa shape index (κ2) is 6.59. The average molecular weight is 288 g/mol. The smallest absolute Gasteiger partial charge is 0.165 e. The molecule has 0 heterocycles. The first-order valence-corrected chi connectivity index (χ1v) is 6.95. The Morgan fingerprint density at radius 3 is 2.57 bits per heavy atom. The van der Waals surface area contributed by atoms with Gasteiger partial charge in [0.25, 0.3) is 0 Å². The number of benzene rings is 2. The zero-order chi connectivity index (χ0) is 15.4. The molecule has 112 valence electrons. The molecule has 0 spiro atoms. The number of hydrogen-bond donors (Lipinski definition) is 1. The number of halogens is 1. The average Bonchev–Trinajstić information content (AvgIpc) is 2.41. The fraction of sp³-hybridized carbons (Fsp3) is 0.294. The van der Waals surface area contributed by atoms with Crippen molar-refractivity contribution in [1.82, 2.24) is 0 Å².